The van der Waals surface area contributed by atoms with Crippen LogP contribution in [-0.4, -0.2) is 11.4 Å². The summed E-state index contributed by atoms with van der Waals surface area (Å²) in [6, 6.07) is 47.2. The van der Waals surface area contributed by atoms with Crippen molar-refractivity contribution in [3.05, 3.63) is 149 Å². The van der Waals surface area contributed by atoms with Crippen molar-refractivity contribution in [2.75, 3.05) is 4.81 Å². The van der Waals surface area contributed by atoms with Gasteiger partial charge in [0.05, 0.1) is 11.0 Å². The van der Waals surface area contributed by atoms with Gasteiger partial charge in [0.1, 0.15) is 11.2 Å². The van der Waals surface area contributed by atoms with Gasteiger partial charge in [-0.1, -0.05) is 149 Å². The molecule has 12 rings (SSSR count). The Labute approximate surface area is 360 Å². The lowest BCUT2D eigenvalue weighted by molar-refractivity contribution is 0.584. The second kappa shape index (κ2) is 11.7. The Morgan fingerprint density at radius 1 is 0.492 bits per heavy atom. The number of aromatic nitrogens is 1. The summed E-state index contributed by atoms with van der Waals surface area (Å²) in [5.74, 6) is 0. The number of anilines is 2. The van der Waals surface area contributed by atoms with Crippen LogP contribution in [0.1, 0.15) is 104 Å². The molecule has 0 saturated carbocycles. The Hall–Kier alpha value is -6.00. The van der Waals surface area contributed by atoms with Crippen molar-refractivity contribution in [3.8, 4) is 27.9 Å². The second-order valence-corrected chi connectivity index (χ2v) is 21.9. The Balaban J connectivity index is 1.22. The molecule has 0 atom stereocenters. The van der Waals surface area contributed by atoms with E-state index in [2.05, 4.69) is 207 Å². The summed E-state index contributed by atoms with van der Waals surface area (Å²) < 4.78 is 9.14. The summed E-state index contributed by atoms with van der Waals surface area (Å²) in [4.78, 5) is 2.70. The van der Waals surface area contributed by atoms with Crippen molar-refractivity contribution in [2.45, 2.75) is 97.8 Å². The first-order chi connectivity index (χ1) is 28.9. The van der Waals surface area contributed by atoms with E-state index in [1.165, 1.54) is 99.9 Å². The number of hydrogen-bond acceptors (Lipinski definition) is 2. The zero-order chi connectivity index (χ0) is 42.3. The summed E-state index contributed by atoms with van der Waals surface area (Å²) in [5, 5.41) is 4.80. The third-order valence-corrected chi connectivity index (χ3v) is 14.6. The first-order valence-corrected chi connectivity index (χ1v) is 22.2. The van der Waals surface area contributed by atoms with E-state index in [-0.39, 0.29) is 28.5 Å². The summed E-state index contributed by atoms with van der Waals surface area (Å²) in [7, 11) is 0. The first kappa shape index (κ1) is 36.8. The summed E-state index contributed by atoms with van der Waals surface area (Å²) in [6.45, 7) is 25.7. The Morgan fingerprint density at radius 3 is 1.89 bits per heavy atom. The molecule has 0 saturated heterocycles. The SMILES string of the molecule is CC(C)(C)c1ccc(N2B3c4cc(C(C)(C)C)ccc4-n4c5cc6c(cc5c5ccc(c3c54)-c3cc4c(cc32)C(C)(C)c2cc(C(C)(C)C)ccc2-4)oc2ccccc26)cc1. The molecule has 9 aromatic rings. The summed E-state index contributed by atoms with van der Waals surface area (Å²) in [6.07, 6.45) is 0. The van der Waals surface area contributed by atoms with Crippen LogP contribution in [0.4, 0.5) is 11.4 Å². The minimum atomic E-state index is -0.162. The predicted molar refractivity (Wildman–Crippen MR) is 261 cm³/mol. The molecule has 0 spiro atoms. The number of rotatable bonds is 1. The quantitative estimate of drug-likeness (QED) is 0.154. The van der Waals surface area contributed by atoms with Crippen molar-refractivity contribution >= 4 is 72.9 Å². The normalized spacial score (nSPS) is 15.2. The van der Waals surface area contributed by atoms with Crippen LogP contribution in [0.2, 0.25) is 0 Å². The number of benzene rings is 7. The minimum Gasteiger partial charge on any atom is -0.456 e. The molecule has 0 fully saturated rings. The smallest absolute Gasteiger partial charge is 0.333 e. The number of hydrogen-bond donors (Lipinski definition) is 0. The van der Waals surface area contributed by atoms with Crippen LogP contribution in [0.25, 0.3) is 71.7 Å². The molecule has 0 N–H and O–H groups in total. The Morgan fingerprint density at radius 2 is 1.15 bits per heavy atom. The monoisotopic (exact) mass is 792 g/mol. The molecular weight excluding hydrogens is 739 g/mol. The van der Waals surface area contributed by atoms with Crippen molar-refractivity contribution in [1.82, 2.24) is 4.57 Å². The fraction of sp³-hybridized carbons (Fsp3) is 0.263. The van der Waals surface area contributed by atoms with Crippen LogP contribution >= 0.6 is 0 Å². The molecule has 7 aromatic carbocycles. The van der Waals surface area contributed by atoms with Crippen molar-refractivity contribution in [1.29, 1.82) is 0 Å². The van der Waals surface area contributed by atoms with Crippen molar-refractivity contribution < 1.29 is 4.42 Å². The van der Waals surface area contributed by atoms with Gasteiger partial charge in [-0.15, -0.1) is 0 Å². The third-order valence-electron chi connectivity index (χ3n) is 14.6. The highest BCUT2D eigenvalue weighted by Crippen LogP contribution is 2.55. The maximum absolute atomic E-state index is 6.55. The van der Waals surface area contributed by atoms with E-state index in [0.29, 0.717) is 0 Å². The van der Waals surface area contributed by atoms with Crippen LogP contribution in [0, 0.1) is 0 Å². The largest absolute Gasteiger partial charge is 0.456 e. The molecule has 0 amide bonds. The topological polar surface area (TPSA) is 21.3 Å². The molecule has 61 heavy (non-hydrogen) atoms. The second-order valence-electron chi connectivity index (χ2n) is 21.9. The molecule has 0 bridgehead atoms. The molecule has 4 heterocycles. The van der Waals surface area contributed by atoms with Crippen LogP contribution in [-0.2, 0) is 21.7 Å². The van der Waals surface area contributed by atoms with Crippen LogP contribution in [0.15, 0.2) is 126 Å². The molecule has 3 aliphatic rings. The van der Waals surface area contributed by atoms with Gasteiger partial charge in [-0.25, -0.2) is 0 Å². The van der Waals surface area contributed by atoms with Gasteiger partial charge in [0, 0.05) is 49.6 Å². The maximum atomic E-state index is 6.55. The van der Waals surface area contributed by atoms with Gasteiger partial charge in [0.15, 0.2) is 0 Å². The van der Waals surface area contributed by atoms with E-state index in [9.17, 15) is 0 Å². The molecule has 0 unspecified atom stereocenters. The highest BCUT2D eigenvalue weighted by molar-refractivity contribution is 6.93. The average Bonchev–Trinajstić information content (AvgIpc) is 3.82. The number of furan rings is 1. The van der Waals surface area contributed by atoms with Crippen LogP contribution < -0.4 is 15.7 Å². The molecular formula is C57H53BN2O. The summed E-state index contributed by atoms with van der Waals surface area (Å²) in [5.41, 5.74) is 23.0. The van der Waals surface area contributed by atoms with E-state index >= 15 is 0 Å². The van der Waals surface area contributed by atoms with Gasteiger partial charge < -0.3 is 13.8 Å². The number of fused-ring (bicyclic) bond motifs is 14. The average molecular weight is 793 g/mol. The lowest BCUT2D eigenvalue weighted by Crippen LogP contribution is -2.60. The van der Waals surface area contributed by atoms with E-state index in [1.54, 1.807) is 0 Å². The highest BCUT2D eigenvalue weighted by Gasteiger charge is 2.46. The van der Waals surface area contributed by atoms with Gasteiger partial charge in [-0.3, -0.25) is 0 Å². The van der Waals surface area contributed by atoms with Crippen molar-refractivity contribution in [3.63, 3.8) is 0 Å². The van der Waals surface area contributed by atoms with Gasteiger partial charge in [0.2, 0.25) is 0 Å². The van der Waals surface area contributed by atoms with E-state index < -0.39 is 0 Å². The van der Waals surface area contributed by atoms with Crippen LogP contribution in [0.5, 0.6) is 0 Å². The Kier molecular flexibility index (Phi) is 7.05. The first-order valence-electron chi connectivity index (χ1n) is 22.2. The lowest BCUT2D eigenvalue weighted by atomic mass is 9.43. The minimum absolute atomic E-state index is 0.0287. The molecule has 2 aromatic heterocycles. The van der Waals surface area contributed by atoms with Crippen molar-refractivity contribution in [2.24, 2.45) is 0 Å². The van der Waals surface area contributed by atoms with E-state index in [0.717, 1.165) is 21.9 Å². The fourth-order valence-electron chi connectivity index (χ4n) is 11.2. The molecule has 300 valence electrons. The maximum Gasteiger partial charge on any atom is 0.333 e. The molecule has 4 heteroatoms. The number of para-hydroxylation sites is 1. The molecule has 1 aliphatic carbocycles. The zero-order valence-corrected chi connectivity index (χ0v) is 37.4. The predicted octanol–water partition coefficient (Wildman–Crippen LogP) is 14.1. The molecule has 3 nitrogen and oxygen atoms in total. The van der Waals surface area contributed by atoms with Crippen LogP contribution in [0.3, 0.4) is 0 Å². The molecule has 2 aliphatic heterocycles. The summed E-state index contributed by atoms with van der Waals surface area (Å²) >= 11 is 0. The molecule has 0 radical (unpaired) electrons. The highest BCUT2D eigenvalue weighted by atomic mass is 16.3. The van der Waals surface area contributed by atoms with E-state index in [1.807, 2.05) is 0 Å². The van der Waals surface area contributed by atoms with E-state index in [4.69, 9.17) is 4.42 Å². The number of nitrogens with zero attached hydrogens (tertiary/aromatic N) is 2. The van der Waals surface area contributed by atoms with Gasteiger partial charge in [-0.05, 0) is 120 Å². The Bertz CT molecular complexity index is 3390. The zero-order valence-electron chi connectivity index (χ0n) is 37.4. The fourth-order valence-corrected chi connectivity index (χ4v) is 11.2. The van der Waals surface area contributed by atoms with Gasteiger partial charge in [-0.2, -0.15) is 0 Å². The van der Waals surface area contributed by atoms with Gasteiger partial charge in [0.25, 0.3) is 0 Å². The third kappa shape index (κ3) is 4.94. The van der Waals surface area contributed by atoms with Gasteiger partial charge >= 0.3 is 6.85 Å². The standard InChI is InChI=1S/C57H53BN2O/c1-54(2,3)32-16-20-35(21-17-32)60-49-31-45-40(36-22-18-33(55(4,5)6)26-44(36)57(45,10)11)28-41(49)38-23-24-39-42-30-51-43(37-14-12-13-15-50(37)61-51)29-48(42)59-47-25-19-34(56(7,8)9)27-46(47)58(60)52(38)53(39)59/h12-31H,1-11H3. The lowest BCUT2D eigenvalue weighted by Gasteiger charge is -2.43.